The summed E-state index contributed by atoms with van der Waals surface area (Å²) < 4.78 is 43.8. The molecule has 0 fully saturated rings. The number of aryl methyl sites for hydroxylation is 6. The number of ketones is 1. The SMILES string of the molecule is CC(=O)C=C(C)O.CC(C)Cc1ccc(-c2ccnc(-c3[c-]cccc3)c2)cc1.Cc1[c-]c(-c2cc(CC(C)C)c3cc(-c4ccc(C)cc4)ccc3n2)cc(C)c1.Cc1ccc(-c2[c-]cccc2)nc1.[2H]C([2H])([2H])c1ccc(-c2[c-]ccc(-c3ccccc3)c2)nc1.[2H]C([2H])([2H])c1ccc(-c2[c-]cccc2)nc1.[Ir].[Ir].[Ir]. The number of pyridine rings is 5. The van der Waals surface area contributed by atoms with Crippen LogP contribution < -0.4 is 0 Å². The molecule has 9 aromatic carbocycles. The van der Waals surface area contributed by atoms with Crippen LogP contribution >= 0.6 is 0 Å². The second-order valence-corrected chi connectivity index (χ2v) is 26.0. The van der Waals surface area contributed by atoms with E-state index < -0.39 is 13.7 Å². The van der Waals surface area contributed by atoms with Gasteiger partial charge in [0.15, 0.2) is 5.78 Å². The zero-order valence-electron chi connectivity index (χ0n) is 67.3. The molecule has 0 amide bonds. The Kier molecular flexibility index (Phi) is 31.2. The van der Waals surface area contributed by atoms with Crippen LogP contribution in [-0.2, 0) is 78.0 Å². The first kappa shape index (κ1) is 75.8. The molecular weight excluding hydrogens is 1830 g/mol. The predicted molar refractivity (Wildman–Crippen MR) is 429 cm³/mol. The fraction of sp³-hybridized carbons (Fsp3) is 0.167. The van der Waals surface area contributed by atoms with Crippen LogP contribution in [0.15, 0.2) is 291 Å². The summed E-state index contributed by atoms with van der Waals surface area (Å²) >= 11 is 0. The van der Waals surface area contributed by atoms with E-state index >= 15 is 0 Å². The quantitative estimate of drug-likeness (QED) is 0.0697. The van der Waals surface area contributed by atoms with Gasteiger partial charge in [-0.05, 0) is 168 Å². The fourth-order valence-electron chi connectivity index (χ4n) is 11.2. The van der Waals surface area contributed by atoms with Crippen LogP contribution in [0.25, 0.3) is 101 Å². The number of aliphatic hydroxyl groups is 1. The van der Waals surface area contributed by atoms with Crippen LogP contribution in [0.3, 0.4) is 0 Å². The number of allylic oxidation sites excluding steroid dienone is 2. The van der Waals surface area contributed by atoms with Gasteiger partial charge >= 0.3 is 0 Å². The molecule has 0 spiro atoms. The minimum Gasteiger partial charge on any atom is -0.512 e. The summed E-state index contributed by atoms with van der Waals surface area (Å²) in [7, 11) is 0. The second-order valence-electron chi connectivity index (χ2n) is 26.0. The van der Waals surface area contributed by atoms with Crippen molar-refractivity contribution in [1.29, 1.82) is 0 Å². The van der Waals surface area contributed by atoms with Crippen molar-refractivity contribution < 1.29 is 78.4 Å². The topological polar surface area (TPSA) is 102 Å². The molecule has 106 heavy (non-hydrogen) atoms. The maximum absolute atomic E-state index is 10.0. The van der Waals surface area contributed by atoms with Crippen molar-refractivity contribution in [3.63, 3.8) is 0 Å². The zero-order valence-corrected chi connectivity index (χ0v) is 68.5. The van der Waals surface area contributed by atoms with Gasteiger partial charge in [0.05, 0.1) is 11.3 Å². The van der Waals surface area contributed by atoms with Crippen molar-refractivity contribution in [2.45, 2.75) is 95.8 Å². The van der Waals surface area contributed by atoms with Crippen LogP contribution in [0.1, 0.15) is 94.3 Å². The van der Waals surface area contributed by atoms with Gasteiger partial charge in [-0.3, -0.25) is 9.78 Å². The van der Waals surface area contributed by atoms with Gasteiger partial charge in [-0.1, -0.05) is 181 Å². The standard InChI is InChI=1S/C28H28N.C21H20N.C18H14N.2C12H10N.C5H8O2.3Ir/c1-18(2)12-24-17-28(25-14-20(4)13-21(5)15-25)29-27-11-10-23(16-26(24)27)22-8-6-19(3)7-9-22;1-16(2)14-17-8-10-18(11-9-17)20-12-13-22-21(15-20)19-6-4-3-5-7-19;1-14-10-11-18(19-13-14)17-9-5-8-16(12-17)15-6-3-2-4-7-15;2*1-10-7-8-12(13-9-10)11-5-3-2-4-6-11;1-4(6)3-5(2)7;;;/h6-11,13-14,16-18H,12H2,1-5H3;3-6,8-13,15-16H,14H2,1-2H3;2-8,10-13H,1H3;2*2-5,7-9H,1H3;3,6H,1-2H3;;;/q5*-1;;;;/i;;2*1D3;;;;;. The average Bonchev–Trinajstić information content (AvgIpc) is 0.779. The van der Waals surface area contributed by atoms with E-state index in [4.69, 9.17) is 18.3 Å². The number of hydrogen-bond donors (Lipinski definition) is 1. The van der Waals surface area contributed by atoms with Crippen LogP contribution in [0.2, 0.25) is 0 Å². The molecule has 0 unspecified atom stereocenters. The molecule has 1 N–H and O–H groups in total. The van der Waals surface area contributed by atoms with Gasteiger partial charge in [0.25, 0.3) is 0 Å². The van der Waals surface area contributed by atoms with E-state index in [2.05, 4.69) is 202 Å². The van der Waals surface area contributed by atoms with Gasteiger partial charge in [-0.25, -0.2) is 0 Å². The third-order valence-corrected chi connectivity index (χ3v) is 16.0. The number of rotatable bonds is 13. The number of carbonyl (C=O) groups excluding carboxylic acids is 1. The van der Waals surface area contributed by atoms with E-state index in [1.54, 1.807) is 30.3 Å². The monoisotopic (exact) mass is 1930 g/mol. The molecule has 14 aromatic rings. The number of hydrogen-bond acceptors (Lipinski definition) is 7. The largest absolute Gasteiger partial charge is 0.512 e. The fourth-order valence-corrected chi connectivity index (χ4v) is 11.2. The molecule has 0 bridgehead atoms. The molecule has 0 aliphatic carbocycles. The number of aromatic nitrogens is 5. The summed E-state index contributed by atoms with van der Waals surface area (Å²) in [5.74, 6) is 1.21. The first-order valence-electron chi connectivity index (χ1n) is 37.5. The van der Waals surface area contributed by atoms with Crippen molar-refractivity contribution in [3.05, 3.63) is 366 Å². The summed E-state index contributed by atoms with van der Waals surface area (Å²) in [6, 6.07) is 101. The molecule has 3 radical (unpaired) electrons. The van der Waals surface area contributed by atoms with E-state index in [1.165, 1.54) is 87.8 Å². The van der Waals surface area contributed by atoms with E-state index in [0.29, 0.717) is 17.5 Å². The first-order valence-corrected chi connectivity index (χ1v) is 34.5. The number of benzene rings is 9. The summed E-state index contributed by atoms with van der Waals surface area (Å²) in [5, 5.41) is 9.62. The molecule has 14 rings (SSSR count). The Morgan fingerprint density at radius 2 is 0.896 bits per heavy atom. The maximum atomic E-state index is 10.0. The number of fused-ring (bicyclic) bond motifs is 1. The first-order chi connectivity index (χ1) is 52.2. The Hall–Kier alpha value is -9.85. The Morgan fingerprint density at radius 1 is 0.415 bits per heavy atom. The normalized spacial score (nSPS) is 11.5. The summed E-state index contributed by atoms with van der Waals surface area (Å²) in [5.41, 5.74) is 25.6. The average molecular weight is 1930 g/mol. The van der Waals surface area contributed by atoms with Crippen LogP contribution in [0, 0.1) is 83.6 Å². The van der Waals surface area contributed by atoms with E-state index in [9.17, 15) is 4.79 Å². The van der Waals surface area contributed by atoms with Gasteiger partial charge in [-0.15, -0.1) is 178 Å². The van der Waals surface area contributed by atoms with Gasteiger partial charge < -0.3 is 25.0 Å². The maximum Gasteiger partial charge on any atom is 0.155 e. The minimum atomic E-state index is -2.12. The number of nitrogens with zero attached hydrogens (tertiary/aromatic N) is 5. The Morgan fingerprint density at radius 3 is 1.39 bits per heavy atom. The molecule has 5 aromatic heterocycles. The minimum absolute atomic E-state index is 0. The van der Waals surface area contributed by atoms with Crippen molar-refractivity contribution in [2.75, 3.05) is 0 Å². The second kappa shape index (κ2) is 43.6. The van der Waals surface area contributed by atoms with Crippen molar-refractivity contribution in [2.24, 2.45) is 11.8 Å². The van der Waals surface area contributed by atoms with Gasteiger partial charge in [0, 0.05) is 105 Å². The van der Waals surface area contributed by atoms with Crippen LogP contribution in [-0.4, -0.2) is 35.8 Å². The predicted octanol–water partition coefficient (Wildman–Crippen LogP) is 24.2. The Balaban J connectivity index is 0.000000216. The Labute approximate surface area is 678 Å². The van der Waals surface area contributed by atoms with E-state index in [1.807, 2.05) is 141 Å². The molecule has 0 aliphatic rings. The third-order valence-electron chi connectivity index (χ3n) is 16.0. The van der Waals surface area contributed by atoms with Crippen LogP contribution in [0.5, 0.6) is 0 Å². The molecule has 0 saturated heterocycles. The molecule has 0 atom stereocenters. The van der Waals surface area contributed by atoms with Crippen LogP contribution in [0.4, 0.5) is 0 Å². The van der Waals surface area contributed by atoms with Crippen molar-refractivity contribution >= 4 is 16.7 Å². The van der Waals surface area contributed by atoms with Crippen molar-refractivity contribution in [1.82, 2.24) is 24.9 Å². The molecule has 7 nitrogen and oxygen atoms in total. The molecule has 10 heteroatoms. The van der Waals surface area contributed by atoms with E-state index in [0.717, 1.165) is 85.6 Å². The summed E-state index contributed by atoms with van der Waals surface area (Å²) in [6.45, 7) is 16.1. The van der Waals surface area contributed by atoms with Gasteiger partial charge in [0.1, 0.15) is 0 Å². The number of carbonyl (C=O) groups is 1. The van der Waals surface area contributed by atoms with Gasteiger partial charge in [-0.2, -0.15) is 0 Å². The molecule has 5 heterocycles. The van der Waals surface area contributed by atoms with E-state index in [-0.39, 0.29) is 83.0 Å². The molecular formula is C96H90Ir3N5O2-5. The summed E-state index contributed by atoms with van der Waals surface area (Å²) in [4.78, 5) is 32.2. The van der Waals surface area contributed by atoms with Crippen molar-refractivity contribution in [3.8, 4) is 89.7 Å². The summed E-state index contributed by atoms with van der Waals surface area (Å²) in [6.07, 6.45) is 9.87. The third kappa shape index (κ3) is 27.2. The smallest absolute Gasteiger partial charge is 0.155 e. The molecule has 543 valence electrons. The zero-order chi connectivity index (χ0) is 78.0. The van der Waals surface area contributed by atoms with Gasteiger partial charge in [0.2, 0.25) is 0 Å². The Bertz CT molecular complexity index is 5210. The molecule has 0 aliphatic heterocycles. The molecule has 0 saturated carbocycles. The number of aliphatic hydroxyl groups excluding tert-OH is 1.